The first-order valence-electron chi connectivity index (χ1n) is 8.02. The number of aliphatic hydroxyl groups excluding tert-OH is 2. The van der Waals surface area contributed by atoms with Crippen molar-refractivity contribution in [1.29, 1.82) is 0 Å². The number of amides is 1. The van der Waals surface area contributed by atoms with E-state index in [1.807, 2.05) is 0 Å². The maximum atomic E-state index is 11.7. The molecule has 2 aliphatic heterocycles. The molecule has 2 rings (SSSR count). The molecule has 0 aromatic heterocycles. The molecular formula is C15H28N2O7. The number of hydrogen-bond donors (Lipinski definition) is 4. The van der Waals surface area contributed by atoms with Crippen LogP contribution in [0.25, 0.3) is 0 Å². The number of carbonyl (C=O) groups is 2. The Morgan fingerprint density at radius 1 is 1.29 bits per heavy atom. The van der Waals surface area contributed by atoms with Crippen LogP contribution >= 0.6 is 0 Å². The summed E-state index contributed by atoms with van der Waals surface area (Å²) in [6.45, 7) is 5.93. The van der Waals surface area contributed by atoms with Crippen LogP contribution in [0, 0.1) is 0 Å². The molecule has 2 heterocycles. The third-order valence-electron chi connectivity index (χ3n) is 3.74. The summed E-state index contributed by atoms with van der Waals surface area (Å²) in [4.78, 5) is 23.3. The molecule has 0 aromatic rings. The fourth-order valence-electron chi connectivity index (χ4n) is 2.61. The van der Waals surface area contributed by atoms with Crippen LogP contribution in [0.3, 0.4) is 0 Å². The van der Waals surface area contributed by atoms with Gasteiger partial charge in [0.1, 0.15) is 11.6 Å². The van der Waals surface area contributed by atoms with E-state index in [4.69, 9.17) is 20.2 Å². The van der Waals surface area contributed by atoms with E-state index in [9.17, 15) is 14.7 Å². The number of carbonyl (C=O) groups excluding carboxylic acids is 1. The van der Waals surface area contributed by atoms with E-state index in [0.29, 0.717) is 19.4 Å². The second-order valence-electron chi connectivity index (χ2n) is 7.02. The van der Waals surface area contributed by atoms with Crippen LogP contribution in [-0.2, 0) is 9.53 Å². The Bertz CT molecular complexity index is 438. The summed E-state index contributed by atoms with van der Waals surface area (Å²) in [5, 5.41) is 36.5. The molecule has 0 aliphatic carbocycles. The van der Waals surface area contributed by atoms with Gasteiger partial charge in [0.15, 0.2) is 0 Å². The van der Waals surface area contributed by atoms with E-state index in [0.717, 1.165) is 11.5 Å². The van der Waals surface area contributed by atoms with Gasteiger partial charge >= 0.3 is 12.1 Å². The highest BCUT2D eigenvalue weighted by Gasteiger charge is 2.36. The molecule has 140 valence electrons. The summed E-state index contributed by atoms with van der Waals surface area (Å²) in [5.41, 5.74) is -0.551. The van der Waals surface area contributed by atoms with Gasteiger partial charge in [-0.15, -0.1) is 0 Å². The molecule has 0 radical (unpaired) electrons. The Hall–Kier alpha value is -1.42. The molecule has 2 saturated heterocycles. The number of likely N-dealkylation sites (tertiary alicyclic amines) is 1. The normalized spacial score (nSPS) is 27.6. The van der Waals surface area contributed by atoms with Crippen LogP contribution in [0.4, 0.5) is 4.79 Å². The van der Waals surface area contributed by atoms with E-state index >= 15 is 0 Å². The number of ether oxygens (including phenoxy) is 1. The zero-order valence-corrected chi connectivity index (χ0v) is 14.4. The molecule has 0 saturated carbocycles. The lowest BCUT2D eigenvalue weighted by Gasteiger charge is -2.27. The Morgan fingerprint density at radius 2 is 1.92 bits per heavy atom. The number of hydroxylamine groups is 2. The zero-order chi connectivity index (χ0) is 18.5. The number of rotatable bonds is 2. The quantitative estimate of drug-likeness (QED) is 0.559. The highest BCUT2D eigenvalue weighted by atomic mass is 16.6. The lowest BCUT2D eigenvalue weighted by Crippen LogP contribution is -2.41. The third kappa shape index (κ3) is 6.23. The first-order valence-corrected chi connectivity index (χ1v) is 8.02. The summed E-state index contributed by atoms with van der Waals surface area (Å²) in [7, 11) is 0. The van der Waals surface area contributed by atoms with E-state index in [1.54, 1.807) is 20.8 Å². The van der Waals surface area contributed by atoms with Gasteiger partial charge in [0.2, 0.25) is 0 Å². The molecule has 0 aromatic carbocycles. The van der Waals surface area contributed by atoms with Gasteiger partial charge in [-0.1, -0.05) is 0 Å². The zero-order valence-electron chi connectivity index (χ0n) is 14.4. The van der Waals surface area contributed by atoms with Crippen molar-refractivity contribution >= 4 is 12.1 Å². The SMILES string of the molecule is CC(C)(C)OC(=O)N1C[C@H](O)C[C@@H]1CO.O=C(O)C1CCCN1O. The number of carboxylic acid groups (broad SMARTS) is 1. The van der Waals surface area contributed by atoms with Gasteiger partial charge in [0.25, 0.3) is 0 Å². The van der Waals surface area contributed by atoms with Crippen molar-refractivity contribution in [3.05, 3.63) is 0 Å². The minimum absolute atomic E-state index is 0.143. The number of β-amino-alcohol motifs (C(OH)–C–C–N with tert-alkyl or cyclic N) is 1. The predicted molar refractivity (Wildman–Crippen MR) is 83.6 cm³/mol. The minimum atomic E-state index is -0.935. The van der Waals surface area contributed by atoms with Crippen molar-refractivity contribution in [1.82, 2.24) is 9.96 Å². The fraction of sp³-hybridized carbons (Fsp3) is 0.867. The summed E-state index contributed by atoms with van der Waals surface area (Å²) in [6.07, 6.45) is 0.711. The maximum absolute atomic E-state index is 11.7. The number of nitrogens with zero attached hydrogens (tertiary/aromatic N) is 2. The van der Waals surface area contributed by atoms with Crippen LogP contribution in [0.1, 0.15) is 40.0 Å². The number of carboxylic acids is 1. The minimum Gasteiger partial charge on any atom is -0.480 e. The van der Waals surface area contributed by atoms with Gasteiger partial charge < -0.3 is 30.2 Å². The van der Waals surface area contributed by atoms with E-state index in [-0.39, 0.29) is 19.2 Å². The predicted octanol–water partition coefficient (Wildman–Crippen LogP) is 0.274. The van der Waals surface area contributed by atoms with E-state index in [1.165, 1.54) is 4.90 Å². The van der Waals surface area contributed by atoms with Crippen molar-refractivity contribution < 1.29 is 34.9 Å². The standard InChI is InChI=1S/C10H19NO4.C5H9NO3/c1-10(2,3)15-9(14)11-5-8(13)4-7(11)6-12;7-5(8)4-2-1-3-6(4)9/h7-8,12-13H,4-6H2,1-3H3;4,9H,1-3H2,(H,7,8)/t7-,8-;/m1./s1. The lowest BCUT2D eigenvalue weighted by atomic mass is 10.2. The topological polar surface area (TPSA) is 131 Å². The van der Waals surface area contributed by atoms with Crippen molar-refractivity contribution in [2.75, 3.05) is 19.7 Å². The highest BCUT2D eigenvalue weighted by Crippen LogP contribution is 2.20. The van der Waals surface area contributed by atoms with Crippen LogP contribution in [0.15, 0.2) is 0 Å². The third-order valence-corrected chi connectivity index (χ3v) is 3.74. The summed E-state index contributed by atoms with van der Waals surface area (Å²) in [6, 6.07) is -0.986. The Morgan fingerprint density at radius 3 is 2.29 bits per heavy atom. The molecule has 24 heavy (non-hydrogen) atoms. The highest BCUT2D eigenvalue weighted by molar-refractivity contribution is 5.73. The number of hydrogen-bond acceptors (Lipinski definition) is 7. The molecule has 3 atom stereocenters. The Labute approximate surface area is 141 Å². The Kier molecular flexibility index (Phi) is 7.40. The first-order chi connectivity index (χ1) is 11.0. The molecule has 4 N–H and O–H groups in total. The van der Waals surface area contributed by atoms with Gasteiger partial charge in [0, 0.05) is 6.54 Å². The van der Waals surface area contributed by atoms with Gasteiger partial charge in [-0.3, -0.25) is 4.79 Å². The van der Waals surface area contributed by atoms with Crippen LogP contribution in [-0.4, -0.2) is 86.0 Å². The average Bonchev–Trinajstić information content (AvgIpc) is 3.03. The van der Waals surface area contributed by atoms with E-state index < -0.39 is 29.8 Å². The number of aliphatic carboxylic acids is 1. The van der Waals surface area contributed by atoms with Crippen molar-refractivity contribution in [2.24, 2.45) is 0 Å². The van der Waals surface area contributed by atoms with E-state index in [2.05, 4.69) is 0 Å². The Balaban J connectivity index is 0.000000272. The fourth-order valence-corrected chi connectivity index (χ4v) is 2.61. The molecule has 1 unspecified atom stereocenters. The maximum Gasteiger partial charge on any atom is 0.410 e. The van der Waals surface area contributed by atoms with Crippen molar-refractivity contribution in [3.63, 3.8) is 0 Å². The van der Waals surface area contributed by atoms with Gasteiger partial charge in [-0.05, 0) is 40.0 Å². The van der Waals surface area contributed by atoms with Gasteiger partial charge in [-0.25, -0.2) is 4.79 Å². The summed E-state index contributed by atoms with van der Waals surface area (Å²) in [5.74, 6) is -0.935. The summed E-state index contributed by atoms with van der Waals surface area (Å²) < 4.78 is 5.17. The first kappa shape index (κ1) is 20.6. The lowest BCUT2D eigenvalue weighted by molar-refractivity contribution is -0.160. The van der Waals surface area contributed by atoms with Crippen LogP contribution < -0.4 is 0 Å². The monoisotopic (exact) mass is 348 g/mol. The molecule has 2 fully saturated rings. The van der Waals surface area contributed by atoms with Crippen molar-refractivity contribution in [2.45, 2.75) is 63.8 Å². The van der Waals surface area contributed by atoms with Crippen LogP contribution in [0.5, 0.6) is 0 Å². The molecule has 0 bridgehead atoms. The summed E-state index contributed by atoms with van der Waals surface area (Å²) >= 11 is 0. The molecule has 9 nitrogen and oxygen atoms in total. The molecule has 9 heteroatoms. The van der Waals surface area contributed by atoms with Gasteiger partial charge in [-0.2, -0.15) is 5.06 Å². The molecule has 1 amide bonds. The molecular weight excluding hydrogens is 320 g/mol. The second-order valence-corrected chi connectivity index (χ2v) is 7.02. The van der Waals surface area contributed by atoms with Crippen molar-refractivity contribution in [3.8, 4) is 0 Å². The molecule has 0 spiro atoms. The van der Waals surface area contributed by atoms with Gasteiger partial charge in [0.05, 0.1) is 25.3 Å². The second kappa shape index (κ2) is 8.61. The number of aliphatic hydroxyl groups is 2. The largest absolute Gasteiger partial charge is 0.480 e. The average molecular weight is 348 g/mol. The molecule has 2 aliphatic rings. The van der Waals surface area contributed by atoms with Crippen LogP contribution in [0.2, 0.25) is 0 Å². The smallest absolute Gasteiger partial charge is 0.410 e.